The third-order valence-electron chi connectivity index (χ3n) is 3.64. The second-order valence-corrected chi connectivity index (χ2v) is 5.46. The summed E-state index contributed by atoms with van der Waals surface area (Å²) in [7, 11) is 0. The Hall–Kier alpha value is -2.66. The van der Waals surface area contributed by atoms with Crippen LogP contribution in [0.4, 0.5) is 0 Å². The molecule has 5 nitrogen and oxygen atoms in total. The van der Waals surface area contributed by atoms with Crippen LogP contribution in [0.2, 0.25) is 0 Å². The largest absolute Gasteiger partial charge is 0.388 e. The predicted octanol–water partition coefficient (Wildman–Crippen LogP) is 1.59. The molecular weight excluding hydrogens is 304 g/mol. The molecule has 0 radical (unpaired) electrons. The molecule has 5 heteroatoms. The van der Waals surface area contributed by atoms with Gasteiger partial charge in [-0.25, -0.2) is 0 Å². The minimum Gasteiger partial charge on any atom is -0.388 e. The standard InChI is InChI=1S/C19H22N2O3/c22-17(16-9-5-2-6-10-16)12-14-21-19(24)18(23)20-13-11-15-7-3-1-4-8-15/h1-10,17,22H,11-14H2,(H,20,23)(H,21,24). The number of carbonyl (C=O) groups is 2. The van der Waals surface area contributed by atoms with E-state index in [4.69, 9.17) is 0 Å². The molecule has 1 atom stereocenters. The van der Waals surface area contributed by atoms with Crippen molar-refractivity contribution in [3.8, 4) is 0 Å². The zero-order valence-corrected chi connectivity index (χ0v) is 13.4. The van der Waals surface area contributed by atoms with Gasteiger partial charge < -0.3 is 15.7 Å². The van der Waals surface area contributed by atoms with Gasteiger partial charge in [0.05, 0.1) is 6.10 Å². The van der Waals surface area contributed by atoms with Gasteiger partial charge in [-0.15, -0.1) is 0 Å². The lowest BCUT2D eigenvalue weighted by Crippen LogP contribution is -2.41. The third-order valence-corrected chi connectivity index (χ3v) is 3.64. The van der Waals surface area contributed by atoms with Gasteiger partial charge in [-0.2, -0.15) is 0 Å². The van der Waals surface area contributed by atoms with Gasteiger partial charge in [0.15, 0.2) is 0 Å². The van der Waals surface area contributed by atoms with E-state index in [1.807, 2.05) is 60.7 Å². The van der Waals surface area contributed by atoms with Crippen molar-refractivity contribution in [3.05, 3.63) is 71.8 Å². The fraction of sp³-hybridized carbons (Fsp3) is 0.263. The lowest BCUT2D eigenvalue weighted by Gasteiger charge is -2.11. The molecule has 0 fully saturated rings. The first-order valence-electron chi connectivity index (χ1n) is 8.00. The molecular formula is C19H22N2O3. The van der Waals surface area contributed by atoms with Crippen molar-refractivity contribution in [1.82, 2.24) is 10.6 Å². The minimum atomic E-state index is -0.677. The van der Waals surface area contributed by atoms with Crippen molar-refractivity contribution in [2.24, 2.45) is 0 Å². The van der Waals surface area contributed by atoms with Gasteiger partial charge in [-0.1, -0.05) is 60.7 Å². The first-order valence-corrected chi connectivity index (χ1v) is 8.00. The first-order chi connectivity index (χ1) is 11.7. The highest BCUT2D eigenvalue weighted by Gasteiger charge is 2.13. The average Bonchev–Trinajstić information content (AvgIpc) is 2.63. The number of aliphatic hydroxyl groups is 1. The summed E-state index contributed by atoms with van der Waals surface area (Å²) in [6.07, 6.45) is 0.368. The molecule has 3 N–H and O–H groups in total. The number of nitrogens with one attached hydrogen (secondary N) is 2. The van der Waals surface area contributed by atoms with Crippen molar-refractivity contribution < 1.29 is 14.7 Å². The third kappa shape index (κ3) is 5.85. The van der Waals surface area contributed by atoms with Crippen molar-refractivity contribution in [1.29, 1.82) is 0 Å². The minimum absolute atomic E-state index is 0.237. The lowest BCUT2D eigenvalue weighted by atomic mass is 10.1. The van der Waals surface area contributed by atoms with E-state index in [1.54, 1.807) is 0 Å². The summed E-state index contributed by atoms with van der Waals surface area (Å²) < 4.78 is 0. The van der Waals surface area contributed by atoms with Crippen molar-refractivity contribution >= 4 is 11.8 Å². The van der Waals surface area contributed by atoms with Crippen LogP contribution in [0.15, 0.2) is 60.7 Å². The highest BCUT2D eigenvalue weighted by Crippen LogP contribution is 2.14. The normalized spacial score (nSPS) is 11.5. The highest BCUT2D eigenvalue weighted by molar-refractivity contribution is 6.35. The molecule has 0 saturated heterocycles. The van der Waals surface area contributed by atoms with E-state index >= 15 is 0 Å². The van der Waals surface area contributed by atoms with Crippen LogP contribution in [0.5, 0.6) is 0 Å². The molecule has 0 aromatic heterocycles. The molecule has 0 aliphatic rings. The summed E-state index contributed by atoms with van der Waals surface area (Å²) in [6.45, 7) is 0.643. The molecule has 24 heavy (non-hydrogen) atoms. The zero-order chi connectivity index (χ0) is 17.2. The Kier molecular flexibility index (Phi) is 6.98. The van der Waals surface area contributed by atoms with Crippen LogP contribution in [-0.4, -0.2) is 30.0 Å². The maximum atomic E-state index is 11.7. The Balaban J connectivity index is 1.64. The topological polar surface area (TPSA) is 78.4 Å². The highest BCUT2D eigenvalue weighted by atomic mass is 16.3. The molecule has 0 aliphatic carbocycles. The average molecular weight is 326 g/mol. The predicted molar refractivity (Wildman–Crippen MR) is 92.2 cm³/mol. The number of amides is 2. The van der Waals surface area contributed by atoms with Gasteiger partial charge >= 0.3 is 11.8 Å². The van der Waals surface area contributed by atoms with Crippen LogP contribution in [0.1, 0.15) is 23.7 Å². The molecule has 0 heterocycles. The van der Waals surface area contributed by atoms with Crippen LogP contribution in [0.25, 0.3) is 0 Å². The van der Waals surface area contributed by atoms with Crippen LogP contribution >= 0.6 is 0 Å². The zero-order valence-electron chi connectivity index (χ0n) is 13.4. The summed E-state index contributed by atoms with van der Waals surface area (Å²) >= 11 is 0. The van der Waals surface area contributed by atoms with Crippen LogP contribution in [0, 0.1) is 0 Å². The van der Waals surface area contributed by atoms with Gasteiger partial charge in [-0.3, -0.25) is 9.59 Å². The maximum absolute atomic E-state index is 11.7. The van der Waals surface area contributed by atoms with Gasteiger partial charge in [0.2, 0.25) is 0 Å². The van der Waals surface area contributed by atoms with E-state index in [-0.39, 0.29) is 6.54 Å². The molecule has 2 aromatic rings. The Bertz CT molecular complexity index is 644. The number of aliphatic hydroxyl groups excluding tert-OH is 1. The summed E-state index contributed by atoms with van der Waals surface area (Å²) in [6, 6.07) is 18.9. The van der Waals surface area contributed by atoms with Crippen LogP contribution in [-0.2, 0) is 16.0 Å². The number of rotatable bonds is 7. The Morgan fingerprint density at radius 1 is 0.833 bits per heavy atom. The molecule has 0 spiro atoms. The summed E-state index contributed by atoms with van der Waals surface area (Å²) in [5.74, 6) is -1.33. The Morgan fingerprint density at radius 3 is 2.00 bits per heavy atom. The SMILES string of the molecule is O=C(NCCc1ccccc1)C(=O)NCCC(O)c1ccccc1. The van der Waals surface area contributed by atoms with Gasteiger partial charge in [0.1, 0.15) is 0 Å². The van der Waals surface area contributed by atoms with Gasteiger partial charge in [-0.05, 0) is 24.0 Å². The second kappa shape index (κ2) is 9.47. The lowest BCUT2D eigenvalue weighted by molar-refractivity contribution is -0.139. The number of carbonyl (C=O) groups excluding carboxylic acids is 2. The van der Waals surface area contributed by atoms with E-state index < -0.39 is 17.9 Å². The monoisotopic (exact) mass is 326 g/mol. The molecule has 2 amide bonds. The smallest absolute Gasteiger partial charge is 0.309 e. The van der Waals surface area contributed by atoms with E-state index in [2.05, 4.69) is 10.6 Å². The molecule has 1 unspecified atom stereocenters. The number of benzene rings is 2. The summed E-state index contributed by atoms with van der Waals surface area (Å²) in [4.78, 5) is 23.4. The van der Waals surface area contributed by atoms with E-state index in [0.717, 1.165) is 11.1 Å². The number of hydrogen-bond donors (Lipinski definition) is 3. The van der Waals surface area contributed by atoms with Crippen LogP contribution in [0.3, 0.4) is 0 Å². The Labute approximate surface area is 141 Å². The molecule has 0 aliphatic heterocycles. The van der Waals surface area contributed by atoms with E-state index in [9.17, 15) is 14.7 Å². The molecule has 2 rings (SSSR count). The quantitative estimate of drug-likeness (QED) is 0.676. The fourth-order valence-corrected chi connectivity index (χ4v) is 2.29. The number of hydrogen-bond acceptors (Lipinski definition) is 3. The summed E-state index contributed by atoms with van der Waals surface area (Å²) in [5.41, 5.74) is 1.89. The molecule has 2 aromatic carbocycles. The van der Waals surface area contributed by atoms with Gasteiger partial charge in [0, 0.05) is 13.1 Å². The molecule has 126 valence electrons. The van der Waals surface area contributed by atoms with Crippen molar-refractivity contribution in [3.63, 3.8) is 0 Å². The van der Waals surface area contributed by atoms with E-state index in [0.29, 0.717) is 19.4 Å². The van der Waals surface area contributed by atoms with Crippen molar-refractivity contribution in [2.45, 2.75) is 18.9 Å². The Morgan fingerprint density at radius 2 is 1.38 bits per heavy atom. The van der Waals surface area contributed by atoms with Crippen LogP contribution < -0.4 is 10.6 Å². The maximum Gasteiger partial charge on any atom is 0.309 e. The molecule has 0 bridgehead atoms. The first kappa shape index (κ1) is 17.7. The van der Waals surface area contributed by atoms with Crippen molar-refractivity contribution in [2.75, 3.05) is 13.1 Å². The fourth-order valence-electron chi connectivity index (χ4n) is 2.29. The summed E-state index contributed by atoms with van der Waals surface area (Å²) in [5, 5.41) is 15.1. The van der Waals surface area contributed by atoms with Gasteiger partial charge in [0.25, 0.3) is 0 Å². The molecule has 0 saturated carbocycles. The second-order valence-electron chi connectivity index (χ2n) is 5.46. The van der Waals surface area contributed by atoms with E-state index in [1.165, 1.54) is 0 Å².